The Morgan fingerprint density at radius 1 is 1.43 bits per heavy atom. The molecule has 3 atom stereocenters. The molecule has 3 unspecified atom stereocenters. The van der Waals surface area contributed by atoms with Gasteiger partial charge in [0.05, 0.1) is 29.8 Å². The van der Waals surface area contributed by atoms with Crippen LogP contribution in [0.4, 0.5) is 4.39 Å². The van der Waals surface area contributed by atoms with Crippen molar-refractivity contribution in [2.75, 3.05) is 0 Å². The minimum atomic E-state index is -3.75. The smallest absolute Gasteiger partial charge is 0.240 e. The fourth-order valence-corrected chi connectivity index (χ4v) is 4.52. The van der Waals surface area contributed by atoms with Gasteiger partial charge in [-0.05, 0) is 43.9 Å². The highest BCUT2D eigenvalue weighted by Gasteiger charge is 2.42. The maximum atomic E-state index is 13.7. The molecule has 2 N–H and O–H groups in total. The van der Waals surface area contributed by atoms with Gasteiger partial charge in [-0.1, -0.05) is 0 Å². The number of ether oxygens (including phenoxy) is 1. The lowest BCUT2D eigenvalue weighted by molar-refractivity contribution is 0.0996. The molecule has 1 aromatic rings. The first-order valence-electron chi connectivity index (χ1n) is 6.98. The molecule has 2 saturated heterocycles. The molecule has 1 aromatic carbocycles. The summed E-state index contributed by atoms with van der Waals surface area (Å²) in [4.78, 5) is -0.0202. The molecule has 0 spiro atoms. The molecule has 0 aromatic heterocycles. The van der Waals surface area contributed by atoms with E-state index in [1.165, 1.54) is 19.1 Å². The van der Waals surface area contributed by atoms with E-state index in [2.05, 4.69) is 4.72 Å². The molecule has 0 radical (unpaired) electrons. The fraction of sp³-hybridized carbons (Fsp3) is 0.571. The molecule has 116 valence electrons. The van der Waals surface area contributed by atoms with Crippen LogP contribution in [-0.2, 0) is 21.4 Å². The lowest BCUT2D eigenvalue weighted by Gasteiger charge is -2.20. The van der Waals surface area contributed by atoms with Gasteiger partial charge in [-0.25, -0.2) is 17.5 Å². The number of aliphatic hydroxyl groups excluding tert-OH is 1. The Hall–Kier alpha value is -1.02. The first kappa shape index (κ1) is 14.9. The number of nitrogens with one attached hydrogen (secondary N) is 1. The molecule has 3 rings (SSSR count). The second-order valence-corrected chi connectivity index (χ2v) is 7.42. The van der Waals surface area contributed by atoms with Crippen LogP contribution in [0.1, 0.15) is 30.4 Å². The van der Waals surface area contributed by atoms with Gasteiger partial charge in [0.25, 0.3) is 0 Å². The van der Waals surface area contributed by atoms with E-state index < -0.39 is 22.4 Å². The van der Waals surface area contributed by atoms with Crippen molar-refractivity contribution in [2.24, 2.45) is 0 Å². The standard InChI is InChI=1S/C14H18FNO4S/c1-8-4-11(5-9(7-17)14(8)15)21(18,19)16-12-6-10-2-3-13(12)20-10/h4-5,10,12-13,16-17H,2-3,6-7H2,1H3. The molecule has 21 heavy (non-hydrogen) atoms. The summed E-state index contributed by atoms with van der Waals surface area (Å²) in [6.45, 7) is 0.946. The number of fused-ring (bicyclic) bond motifs is 2. The molecule has 5 nitrogen and oxygen atoms in total. The Labute approximate surface area is 123 Å². The highest BCUT2D eigenvalue weighted by Crippen LogP contribution is 2.35. The van der Waals surface area contributed by atoms with Gasteiger partial charge in [0.15, 0.2) is 0 Å². The summed E-state index contributed by atoms with van der Waals surface area (Å²) in [7, 11) is -3.75. The summed E-state index contributed by atoms with van der Waals surface area (Å²) in [5.74, 6) is -0.570. The Balaban J connectivity index is 1.86. The van der Waals surface area contributed by atoms with Crippen LogP contribution in [0.3, 0.4) is 0 Å². The van der Waals surface area contributed by atoms with Gasteiger partial charge in [0, 0.05) is 5.56 Å². The van der Waals surface area contributed by atoms with Gasteiger partial charge in [0.2, 0.25) is 10.0 Å². The lowest BCUT2D eigenvalue weighted by Crippen LogP contribution is -2.41. The average molecular weight is 315 g/mol. The third-order valence-electron chi connectivity index (χ3n) is 4.20. The van der Waals surface area contributed by atoms with E-state index in [4.69, 9.17) is 9.84 Å². The number of benzene rings is 1. The molecule has 2 aliphatic heterocycles. The second kappa shape index (κ2) is 5.31. The maximum Gasteiger partial charge on any atom is 0.240 e. The van der Waals surface area contributed by atoms with Crippen LogP contribution in [0.15, 0.2) is 17.0 Å². The van der Waals surface area contributed by atoms with Crippen molar-refractivity contribution < 1.29 is 22.7 Å². The van der Waals surface area contributed by atoms with E-state index in [0.29, 0.717) is 6.42 Å². The van der Waals surface area contributed by atoms with Crippen LogP contribution in [-0.4, -0.2) is 31.8 Å². The molecule has 0 amide bonds. The number of halogens is 1. The first-order chi connectivity index (χ1) is 9.90. The van der Waals surface area contributed by atoms with Crippen LogP contribution in [0.2, 0.25) is 0 Å². The third kappa shape index (κ3) is 2.70. The van der Waals surface area contributed by atoms with E-state index in [-0.39, 0.29) is 34.3 Å². The van der Waals surface area contributed by atoms with Crippen molar-refractivity contribution in [1.82, 2.24) is 4.72 Å². The Morgan fingerprint density at radius 3 is 2.76 bits per heavy atom. The molecule has 2 bridgehead atoms. The molecule has 0 aliphatic carbocycles. The van der Waals surface area contributed by atoms with Crippen molar-refractivity contribution >= 4 is 10.0 Å². The summed E-state index contributed by atoms with van der Waals surface area (Å²) in [6.07, 6.45) is 2.60. The summed E-state index contributed by atoms with van der Waals surface area (Å²) < 4.78 is 46.8. The molecule has 2 aliphatic rings. The Morgan fingerprint density at radius 2 is 2.19 bits per heavy atom. The van der Waals surface area contributed by atoms with E-state index in [1.807, 2.05) is 0 Å². The second-order valence-electron chi connectivity index (χ2n) is 5.71. The van der Waals surface area contributed by atoms with Crippen LogP contribution >= 0.6 is 0 Å². The zero-order valence-electron chi connectivity index (χ0n) is 11.7. The van der Waals surface area contributed by atoms with Crippen LogP contribution < -0.4 is 4.72 Å². The normalized spacial score (nSPS) is 28.2. The summed E-state index contributed by atoms with van der Waals surface area (Å²) in [5, 5.41) is 9.13. The van der Waals surface area contributed by atoms with E-state index >= 15 is 0 Å². The molecule has 2 heterocycles. The SMILES string of the molecule is Cc1cc(S(=O)(=O)NC2CC3CCC2O3)cc(CO)c1F. The summed E-state index contributed by atoms with van der Waals surface area (Å²) in [6, 6.07) is 2.24. The lowest BCUT2D eigenvalue weighted by atomic mass is 9.96. The van der Waals surface area contributed by atoms with Gasteiger partial charge in [-0.2, -0.15) is 0 Å². The van der Waals surface area contributed by atoms with Crippen LogP contribution in [0.5, 0.6) is 0 Å². The molecule has 7 heteroatoms. The number of hydrogen-bond donors (Lipinski definition) is 2. The van der Waals surface area contributed by atoms with E-state index in [9.17, 15) is 12.8 Å². The zero-order chi connectivity index (χ0) is 15.2. The predicted octanol–water partition coefficient (Wildman–Crippen LogP) is 1.22. The molecule has 0 saturated carbocycles. The van der Waals surface area contributed by atoms with Crippen molar-refractivity contribution in [3.05, 3.63) is 29.1 Å². The summed E-state index contributed by atoms with van der Waals surface area (Å²) >= 11 is 0. The Bertz CT molecular complexity index is 661. The van der Waals surface area contributed by atoms with Gasteiger partial charge < -0.3 is 9.84 Å². The minimum Gasteiger partial charge on any atom is -0.392 e. The largest absolute Gasteiger partial charge is 0.392 e. The minimum absolute atomic E-state index is 0.0143. The Kier molecular flexibility index (Phi) is 3.77. The molecular weight excluding hydrogens is 297 g/mol. The number of hydrogen-bond acceptors (Lipinski definition) is 4. The van der Waals surface area contributed by atoms with Gasteiger partial charge in [-0.3, -0.25) is 0 Å². The van der Waals surface area contributed by atoms with Gasteiger partial charge in [-0.15, -0.1) is 0 Å². The number of aryl methyl sites for hydroxylation is 1. The molecule has 2 fully saturated rings. The van der Waals surface area contributed by atoms with Gasteiger partial charge >= 0.3 is 0 Å². The quantitative estimate of drug-likeness (QED) is 0.876. The monoisotopic (exact) mass is 315 g/mol. The summed E-state index contributed by atoms with van der Waals surface area (Å²) in [5.41, 5.74) is 0.186. The topological polar surface area (TPSA) is 75.6 Å². The fourth-order valence-electron chi connectivity index (χ4n) is 3.11. The van der Waals surface area contributed by atoms with Gasteiger partial charge in [0.1, 0.15) is 5.82 Å². The predicted molar refractivity (Wildman–Crippen MR) is 73.7 cm³/mol. The highest BCUT2D eigenvalue weighted by atomic mass is 32.2. The maximum absolute atomic E-state index is 13.7. The highest BCUT2D eigenvalue weighted by molar-refractivity contribution is 7.89. The van der Waals surface area contributed by atoms with Crippen LogP contribution in [0.25, 0.3) is 0 Å². The van der Waals surface area contributed by atoms with Crippen molar-refractivity contribution in [3.8, 4) is 0 Å². The number of sulfonamides is 1. The van der Waals surface area contributed by atoms with E-state index in [0.717, 1.165) is 12.8 Å². The van der Waals surface area contributed by atoms with Crippen molar-refractivity contribution in [2.45, 2.75) is 55.9 Å². The van der Waals surface area contributed by atoms with Crippen molar-refractivity contribution in [1.29, 1.82) is 0 Å². The number of aliphatic hydroxyl groups is 1. The van der Waals surface area contributed by atoms with Crippen LogP contribution in [0, 0.1) is 12.7 Å². The average Bonchev–Trinajstić information content (AvgIpc) is 3.03. The molecular formula is C14H18FNO4S. The zero-order valence-corrected chi connectivity index (χ0v) is 12.5. The first-order valence-corrected chi connectivity index (χ1v) is 8.46. The van der Waals surface area contributed by atoms with Crippen molar-refractivity contribution in [3.63, 3.8) is 0 Å². The number of rotatable bonds is 4. The van der Waals surface area contributed by atoms with E-state index in [1.54, 1.807) is 0 Å². The third-order valence-corrected chi connectivity index (χ3v) is 5.67.